The smallest absolute Gasteiger partial charge is 0.246 e. The topological polar surface area (TPSA) is 122 Å². The molecule has 3 amide bonds. The number of carbonyl (C=O) groups excluding carboxylic acids is 4. The normalized spacial score (nSPS) is 14.9. The number of rotatable bonds is 12. The van der Waals surface area contributed by atoms with Gasteiger partial charge in [0.2, 0.25) is 17.7 Å². The van der Waals surface area contributed by atoms with Gasteiger partial charge in [0.25, 0.3) is 0 Å². The quantitative estimate of drug-likeness (QED) is 0.183. The van der Waals surface area contributed by atoms with Crippen molar-refractivity contribution in [2.45, 2.75) is 64.1 Å². The first kappa shape index (κ1) is 32.2. The van der Waals surface area contributed by atoms with Gasteiger partial charge < -0.3 is 21.3 Å². The minimum Gasteiger partial charge on any atom is -0.342 e. The van der Waals surface area contributed by atoms with Gasteiger partial charge in [-0.2, -0.15) is 0 Å². The third-order valence-electron chi connectivity index (χ3n) is 7.71. The number of nitrogens with zero attached hydrogens (tertiary/aromatic N) is 1. The number of unbranched alkanes of at least 4 members (excludes halogenated alkanes) is 1. The maximum Gasteiger partial charge on any atom is 0.246 e. The number of anilines is 1. The lowest BCUT2D eigenvalue weighted by Gasteiger charge is -2.37. The number of benzene rings is 3. The molecule has 1 aliphatic rings. The number of hydrogen-bond donors (Lipinski definition) is 3. The molecule has 0 spiro atoms. The molecule has 43 heavy (non-hydrogen) atoms. The summed E-state index contributed by atoms with van der Waals surface area (Å²) in [6.07, 6.45) is 1.95. The maximum atomic E-state index is 13.8. The Hall–Kier alpha value is -3.72. The van der Waals surface area contributed by atoms with Gasteiger partial charge in [-0.05, 0) is 61.6 Å². The minimum absolute atomic E-state index is 0.0302. The van der Waals surface area contributed by atoms with E-state index < -0.39 is 23.9 Å². The highest BCUT2D eigenvalue weighted by molar-refractivity contribution is 6.42. The van der Waals surface area contributed by atoms with E-state index in [-0.39, 0.29) is 31.1 Å². The molecule has 226 valence electrons. The van der Waals surface area contributed by atoms with Crippen LogP contribution in [0, 0.1) is 6.92 Å². The van der Waals surface area contributed by atoms with Crippen molar-refractivity contribution in [2.75, 3.05) is 11.9 Å². The molecule has 0 fully saturated rings. The summed E-state index contributed by atoms with van der Waals surface area (Å²) in [5.74, 6) is -1.28. The first-order valence-electron chi connectivity index (χ1n) is 14.4. The second-order valence-electron chi connectivity index (χ2n) is 10.7. The van der Waals surface area contributed by atoms with Crippen LogP contribution in [0.3, 0.4) is 0 Å². The zero-order valence-electron chi connectivity index (χ0n) is 24.1. The van der Waals surface area contributed by atoms with E-state index in [0.717, 1.165) is 11.1 Å². The highest BCUT2D eigenvalue weighted by Crippen LogP contribution is 2.31. The standard InChI is InChI=1S/C33H36Cl2N4O4/c1-21-26(15-14-25(34)31(21)35)37-32(42)27(13-7-8-18-36)38-33(43)28-19-23-11-5-6-12-24(23)20-39(28)30(41)17-16-29(40)22-9-3-2-4-10-22/h2-6,9-12,14-15,27-28H,7-8,13,16-20,36H2,1H3,(H,37,42)(H,38,43)/t27-,28-/m0/s1. The Kier molecular flexibility index (Phi) is 11.3. The summed E-state index contributed by atoms with van der Waals surface area (Å²) < 4.78 is 0. The Morgan fingerprint density at radius 1 is 0.930 bits per heavy atom. The summed E-state index contributed by atoms with van der Waals surface area (Å²) in [6.45, 7) is 2.44. The van der Waals surface area contributed by atoms with Crippen molar-refractivity contribution in [2.24, 2.45) is 5.73 Å². The molecular formula is C33H36Cl2N4O4. The lowest BCUT2D eigenvalue weighted by Crippen LogP contribution is -2.56. The zero-order chi connectivity index (χ0) is 30.9. The summed E-state index contributed by atoms with van der Waals surface area (Å²) in [6, 6.07) is 18.0. The van der Waals surface area contributed by atoms with Crippen molar-refractivity contribution >= 4 is 52.4 Å². The number of hydrogen-bond acceptors (Lipinski definition) is 5. The second-order valence-corrected chi connectivity index (χ2v) is 11.5. The lowest BCUT2D eigenvalue weighted by atomic mass is 9.92. The average molecular weight is 624 g/mol. The van der Waals surface area contributed by atoms with E-state index in [4.69, 9.17) is 28.9 Å². The first-order chi connectivity index (χ1) is 20.7. The van der Waals surface area contributed by atoms with Crippen LogP contribution in [-0.4, -0.2) is 47.0 Å². The fourth-order valence-electron chi connectivity index (χ4n) is 5.19. The molecule has 0 saturated carbocycles. The lowest BCUT2D eigenvalue weighted by molar-refractivity contribution is -0.142. The number of carbonyl (C=O) groups is 4. The van der Waals surface area contributed by atoms with Crippen LogP contribution in [0.2, 0.25) is 10.0 Å². The van der Waals surface area contributed by atoms with E-state index in [2.05, 4.69) is 10.6 Å². The van der Waals surface area contributed by atoms with Gasteiger partial charge >= 0.3 is 0 Å². The summed E-state index contributed by atoms with van der Waals surface area (Å²) in [5.41, 5.74) is 9.23. The molecule has 1 aliphatic heterocycles. The van der Waals surface area contributed by atoms with Crippen LogP contribution in [0.5, 0.6) is 0 Å². The zero-order valence-corrected chi connectivity index (χ0v) is 25.6. The monoisotopic (exact) mass is 622 g/mol. The van der Waals surface area contributed by atoms with Crippen molar-refractivity contribution in [1.82, 2.24) is 10.2 Å². The maximum absolute atomic E-state index is 13.8. The van der Waals surface area contributed by atoms with Crippen LogP contribution < -0.4 is 16.4 Å². The number of nitrogens with one attached hydrogen (secondary N) is 2. The van der Waals surface area contributed by atoms with Crippen LogP contribution in [0.1, 0.15) is 59.2 Å². The highest BCUT2D eigenvalue weighted by Gasteiger charge is 2.36. The van der Waals surface area contributed by atoms with Gasteiger partial charge in [0.15, 0.2) is 5.78 Å². The summed E-state index contributed by atoms with van der Waals surface area (Å²) in [5, 5.41) is 6.48. The Bertz CT molecular complexity index is 1480. The van der Waals surface area contributed by atoms with E-state index in [1.165, 1.54) is 4.90 Å². The van der Waals surface area contributed by atoms with E-state index >= 15 is 0 Å². The molecule has 0 unspecified atom stereocenters. The second kappa shape index (κ2) is 15.1. The van der Waals surface area contributed by atoms with Crippen LogP contribution in [-0.2, 0) is 27.3 Å². The first-order valence-corrected chi connectivity index (χ1v) is 15.2. The molecule has 3 aromatic carbocycles. The molecule has 4 N–H and O–H groups in total. The van der Waals surface area contributed by atoms with Gasteiger partial charge in [0.05, 0.1) is 10.0 Å². The Labute approximate surface area is 261 Å². The number of ketones is 1. The van der Waals surface area contributed by atoms with Gasteiger partial charge in [-0.3, -0.25) is 19.2 Å². The van der Waals surface area contributed by atoms with E-state index in [9.17, 15) is 19.2 Å². The fraction of sp³-hybridized carbons (Fsp3) is 0.333. The molecule has 0 radical (unpaired) electrons. The van der Waals surface area contributed by atoms with Gasteiger partial charge in [0, 0.05) is 37.1 Å². The largest absolute Gasteiger partial charge is 0.342 e. The van der Waals surface area contributed by atoms with Gasteiger partial charge in [-0.15, -0.1) is 0 Å². The minimum atomic E-state index is -0.873. The fourth-order valence-corrected chi connectivity index (χ4v) is 5.56. The van der Waals surface area contributed by atoms with Crippen molar-refractivity contribution in [3.8, 4) is 0 Å². The summed E-state index contributed by atoms with van der Waals surface area (Å²) in [4.78, 5) is 55.0. The molecule has 0 aliphatic carbocycles. The molecule has 8 nitrogen and oxygen atoms in total. The number of Topliss-reactive ketones (excluding diaryl/α,β-unsaturated/α-hetero) is 1. The van der Waals surface area contributed by atoms with E-state index in [0.29, 0.717) is 59.1 Å². The van der Waals surface area contributed by atoms with Crippen molar-refractivity contribution in [1.29, 1.82) is 0 Å². The van der Waals surface area contributed by atoms with E-state index in [1.54, 1.807) is 43.3 Å². The molecular weight excluding hydrogens is 587 g/mol. The number of halogens is 2. The number of amides is 3. The highest BCUT2D eigenvalue weighted by atomic mass is 35.5. The molecule has 0 aromatic heterocycles. The van der Waals surface area contributed by atoms with Gasteiger partial charge in [0.1, 0.15) is 12.1 Å². The predicted octanol–water partition coefficient (Wildman–Crippen LogP) is 5.47. The Morgan fingerprint density at radius 2 is 1.63 bits per heavy atom. The molecule has 4 rings (SSSR count). The van der Waals surface area contributed by atoms with E-state index in [1.807, 2.05) is 30.3 Å². The van der Waals surface area contributed by atoms with Gasteiger partial charge in [-0.25, -0.2) is 0 Å². The van der Waals surface area contributed by atoms with Crippen molar-refractivity contribution in [3.05, 3.63) is 99.0 Å². The Morgan fingerprint density at radius 3 is 2.35 bits per heavy atom. The average Bonchev–Trinajstić information content (AvgIpc) is 3.02. The SMILES string of the molecule is Cc1c(NC(=O)[C@H](CCCCN)NC(=O)[C@@H]2Cc3ccccc3CN2C(=O)CCC(=O)c2ccccc2)ccc(Cl)c1Cl. The van der Waals surface area contributed by atoms with Crippen LogP contribution >= 0.6 is 23.2 Å². The molecule has 0 bridgehead atoms. The van der Waals surface area contributed by atoms with Gasteiger partial charge in [-0.1, -0.05) is 77.8 Å². The third-order valence-corrected chi connectivity index (χ3v) is 8.61. The summed E-state index contributed by atoms with van der Waals surface area (Å²) in [7, 11) is 0. The molecule has 10 heteroatoms. The third kappa shape index (κ3) is 8.22. The van der Waals surface area contributed by atoms with Crippen LogP contribution in [0.15, 0.2) is 66.7 Å². The predicted molar refractivity (Wildman–Crippen MR) is 169 cm³/mol. The van der Waals surface area contributed by atoms with Crippen LogP contribution in [0.25, 0.3) is 0 Å². The Balaban J connectivity index is 1.52. The molecule has 2 atom stereocenters. The van der Waals surface area contributed by atoms with Crippen molar-refractivity contribution in [3.63, 3.8) is 0 Å². The molecule has 1 heterocycles. The van der Waals surface area contributed by atoms with Crippen LogP contribution in [0.4, 0.5) is 5.69 Å². The molecule has 0 saturated heterocycles. The molecule has 3 aromatic rings. The van der Waals surface area contributed by atoms with Crippen molar-refractivity contribution < 1.29 is 19.2 Å². The summed E-state index contributed by atoms with van der Waals surface area (Å²) >= 11 is 12.4. The number of nitrogens with two attached hydrogens (primary N) is 1. The number of fused-ring (bicyclic) bond motifs is 1.